The third kappa shape index (κ3) is 3.35. The Balaban J connectivity index is 1.88. The number of halogens is 3. The quantitative estimate of drug-likeness (QED) is 0.210. The van der Waals surface area contributed by atoms with Crippen molar-refractivity contribution in [3.05, 3.63) is 73.3 Å². The van der Waals surface area contributed by atoms with Gasteiger partial charge >= 0.3 is 0 Å². The van der Waals surface area contributed by atoms with Crippen molar-refractivity contribution in [3.8, 4) is 11.5 Å². The van der Waals surface area contributed by atoms with Gasteiger partial charge in [-0.05, 0) is 30.3 Å². The maximum Gasteiger partial charge on any atom is 0.204 e. The Labute approximate surface area is 178 Å². The van der Waals surface area contributed by atoms with Crippen LogP contribution in [-0.2, 0) is 0 Å². The number of nitrogens with one attached hydrogen (secondary N) is 1. The molecular formula is C20H11Cl3N2O4. The topological polar surface area (TPSA) is 95.1 Å². The van der Waals surface area contributed by atoms with E-state index in [1.54, 1.807) is 36.4 Å². The van der Waals surface area contributed by atoms with E-state index in [1.807, 2.05) is 0 Å². The lowest BCUT2D eigenvalue weighted by Gasteiger charge is -2.09. The van der Waals surface area contributed by atoms with Gasteiger partial charge in [0.25, 0.3) is 0 Å². The lowest BCUT2D eigenvalue weighted by molar-refractivity contribution is 0.453. The average molecular weight is 450 g/mol. The molecule has 6 nitrogen and oxygen atoms in total. The highest BCUT2D eigenvalue weighted by Crippen LogP contribution is 2.45. The van der Waals surface area contributed by atoms with Crippen LogP contribution in [0.4, 0.5) is 5.69 Å². The molecule has 0 saturated carbocycles. The zero-order valence-electron chi connectivity index (χ0n) is 14.4. The summed E-state index contributed by atoms with van der Waals surface area (Å²) in [5.74, 6) is -1.17. The number of benzene rings is 3. The van der Waals surface area contributed by atoms with Crippen LogP contribution in [-0.4, -0.2) is 16.4 Å². The van der Waals surface area contributed by atoms with Crippen LogP contribution >= 0.6 is 34.8 Å². The van der Waals surface area contributed by atoms with E-state index in [1.165, 1.54) is 12.3 Å². The van der Waals surface area contributed by atoms with E-state index in [0.29, 0.717) is 16.3 Å². The number of fused-ring (bicyclic) bond motifs is 2. The van der Waals surface area contributed by atoms with E-state index in [-0.39, 0.29) is 27.0 Å². The molecule has 29 heavy (non-hydrogen) atoms. The highest BCUT2D eigenvalue weighted by atomic mass is 35.5. The molecule has 0 amide bonds. The number of hydrazone groups is 1. The van der Waals surface area contributed by atoms with Gasteiger partial charge in [0.15, 0.2) is 17.1 Å². The van der Waals surface area contributed by atoms with E-state index < -0.39 is 22.0 Å². The molecule has 9 heteroatoms. The van der Waals surface area contributed by atoms with Gasteiger partial charge in [0.1, 0.15) is 21.0 Å². The fourth-order valence-electron chi connectivity index (χ4n) is 2.87. The number of para-hydroxylation sites is 1. The molecule has 3 N–H and O–H groups in total. The Morgan fingerprint density at radius 2 is 1.72 bits per heavy atom. The second kappa shape index (κ2) is 7.48. The summed E-state index contributed by atoms with van der Waals surface area (Å²) in [5.41, 5.74) is 3.45. The van der Waals surface area contributed by atoms with Crippen LogP contribution in [0.25, 0.3) is 21.9 Å². The molecule has 0 unspecified atom stereocenters. The lowest BCUT2D eigenvalue weighted by Crippen LogP contribution is -2.04. The van der Waals surface area contributed by atoms with Gasteiger partial charge < -0.3 is 14.6 Å². The van der Waals surface area contributed by atoms with Crippen LogP contribution in [0, 0.1) is 0 Å². The van der Waals surface area contributed by atoms with Gasteiger partial charge in [-0.1, -0.05) is 46.9 Å². The maximum atomic E-state index is 12.9. The molecule has 3 aromatic carbocycles. The van der Waals surface area contributed by atoms with Gasteiger partial charge in [-0.25, -0.2) is 0 Å². The number of hydrogen-bond acceptors (Lipinski definition) is 6. The monoisotopic (exact) mass is 448 g/mol. The normalized spacial score (nSPS) is 11.6. The van der Waals surface area contributed by atoms with E-state index in [0.717, 1.165) is 0 Å². The van der Waals surface area contributed by atoms with Gasteiger partial charge in [-0.3, -0.25) is 10.2 Å². The summed E-state index contributed by atoms with van der Waals surface area (Å²) in [4.78, 5) is 12.9. The number of hydrogen-bond donors (Lipinski definition) is 3. The molecule has 4 aromatic rings. The van der Waals surface area contributed by atoms with Crippen molar-refractivity contribution in [2.24, 2.45) is 5.10 Å². The standard InChI is InChI=1S/C20H11Cl3N2O4/c21-10-4-2-5-11(7-10)25-24-8-9-3-1-6-12-16(26)13-17(27)14(22)18(28)15(23)20(13)29-19(9)12/h1-8,25,27-28H/b24-8+. The first-order valence-corrected chi connectivity index (χ1v) is 9.35. The van der Waals surface area contributed by atoms with Gasteiger partial charge in [0, 0.05) is 10.6 Å². The van der Waals surface area contributed by atoms with Gasteiger partial charge in [0.2, 0.25) is 5.43 Å². The minimum Gasteiger partial charge on any atom is -0.505 e. The van der Waals surface area contributed by atoms with Gasteiger partial charge in [-0.15, -0.1) is 0 Å². The SMILES string of the molecule is O=c1c2cccc(/C=N/Nc3cccc(Cl)c3)c2oc2c(Cl)c(O)c(Cl)c(O)c12. The first-order chi connectivity index (χ1) is 13.9. The molecule has 0 aliphatic heterocycles. The largest absolute Gasteiger partial charge is 0.505 e. The average Bonchev–Trinajstić information content (AvgIpc) is 2.71. The molecule has 1 heterocycles. The van der Waals surface area contributed by atoms with Gasteiger partial charge in [0.05, 0.1) is 17.3 Å². The molecule has 0 aliphatic carbocycles. The third-order valence-electron chi connectivity index (χ3n) is 4.23. The molecule has 0 spiro atoms. The fourth-order valence-corrected chi connectivity index (χ4v) is 3.53. The van der Waals surface area contributed by atoms with Crippen LogP contribution in [0.3, 0.4) is 0 Å². The highest BCUT2D eigenvalue weighted by molar-refractivity contribution is 6.42. The van der Waals surface area contributed by atoms with Crippen LogP contribution < -0.4 is 10.9 Å². The van der Waals surface area contributed by atoms with Crippen molar-refractivity contribution >= 4 is 68.6 Å². The third-order valence-corrected chi connectivity index (χ3v) is 5.17. The lowest BCUT2D eigenvalue weighted by atomic mass is 10.1. The second-order valence-corrected chi connectivity index (χ2v) is 7.26. The number of aromatic hydroxyl groups is 2. The fraction of sp³-hybridized carbons (Fsp3) is 0. The molecule has 146 valence electrons. The first-order valence-electron chi connectivity index (χ1n) is 8.21. The predicted octanol–water partition coefficient (Wildman–Crippen LogP) is 5.76. The van der Waals surface area contributed by atoms with Crippen molar-refractivity contribution in [2.45, 2.75) is 0 Å². The van der Waals surface area contributed by atoms with Crippen LogP contribution in [0.2, 0.25) is 15.1 Å². The maximum absolute atomic E-state index is 12.9. The van der Waals surface area contributed by atoms with Gasteiger partial charge in [-0.2, -0.15) is 5.10 Å². The highest BCUT2D eigenvalue weighted by Gasteiger charge is 2.22. The number of nitrogens with zero attached hydrogens (tertiary/aromatic N) is 1. The van der Waals surface area contributed by atoms with Crippen LogP contribution in [0.15, 0.2) is 56.8 Å². The minimum absolute atomic E-state index is 0.174. The number of phenols is 2. The molecule has 0 saturated heterocycles. The summed E-state index contributed by atoms with van der Waals surface area (Å²) >= 11 is 17.9. The summed E-state index contributed by atoms with van der Waals surface area (Å²) in [5, 5.41) is 24.2. The Kier molecular flexibility index (Phi) is 5.00. The van der Waals surface area contributed by atoms with Crippen LogP contribution in [0.5, 0.6) is 11.5 Å². The molecule has 0 radical (unpaired) electrons. The second-order valence-electron chi connectivity index (χ2n) is 6.06. The van der Waals surface area contributed by atoms with Crippen LogP contribution in [0.1, 0.15) is 5.56 Å². The number of phenolic OH excluding ortho intramolecular Hbond substituents is 2. The zero-order chi connectivity index (χ0) is 20.7. The number of anilines is 1. The Bertz CT molecular complexity index is 1370. The molecule has 0 fully saturated rings. The van der Waals surface area contributed by atoms with Crippen molar-refractivity contribution in [1.82, 2.24) is 0 Å². The Hall–Kier alpha value is -2.93. The zero-order valence-corrected chi connectivity index (χ0v) is 16.7. The molecule has 0 aliphatic rings. The Morgan fingerprint density at radius 3 is 2.48 bits per heavy atom. The summed E-state index contributed by atoms with van der Waals surface area (Å²) in [6, 6.07) is 11.9. The summed E-state index contributed by atoms with van der Waals surface area (Å²) in [7, 11) is 0. The molecular weight excluding hydrogens is 439 g/mol. The van der Waals surface area contributed by atoms with Crippen molar-refractivity contribution in [3.63, 3.8) is 0 Å². The van der Waals surface area contributed by atoms with E-state index >= 15 is 0 Å². The summed E-state index contributed by atoms with van der Waals surface area (Å²) in [6.07, 6.45) is 1.46. The number of rotatable bonds is 3. The molecule has 4 rings (SSSR count). The molecule has 0 bridgehead atoms. The van der Waals surface area contributed by atoms with Crippen molar-refractivity contribution in [1.29, 1.82) is 0 Å². The Morgan fingerprint density at radius 1 is 0.966 bits per heavy atom. The smallest absolute Gasteiger partial charge is 0.204 e. The van der Waals surface area contributed by atoms with E-state index in [4.69, 9.17) is 39.2 Å². The predicted molar refractivity (Wildman–Crippen MR) is 116 cm³/mol. The summed E-state index contributed by atoms with van der Waals surface area (Å²) < 4.78 is 5.78. The van der Waals surface area contributed by atoms with E-state index in [2.05, 4.69) is 10.5 Å². The molecule has 1 aromatic heterocycles. The minimum atomic E-state index is -0.596. The summed E-state index contributed by atoms with van der Waals surface area (Å²) in [6.45, 7) is 0. The first kappa shape index (κ1) is 19.4. The van der Waals surface area contributed by atoms with Crippen molar-refractivity contribution in [2.75, 3.05) is 5.43 Å². The molecule has 0 atom stereocenters. The van der Waals surface area contributed by atoms with E-state index in [9.17, 15) is 15.0 Å². The van der Waals surface area contributed by atoms with Crippen molar-refractivity contribution < 1.29 is 14.6 Å².